The number of nitrogens with zero attached hydrogens (tertiary/aromatic N) is 1. The van der Waals surface area contributed by atoms with Crippen LogP contribution in [0, 0.1) is 6.92 Å². The quantitative estimate of drug-likeness (QED) is 0.839. The van der Waals surface area contributed by atoms with Crippen LogP contribution >= 0.6 is 0 Å². The SMILES string of the molecule is CCOC1CC(Nc2ccc(N)c3cnc(C)cc23)C1. The molecule has 1 aromatic carbocycles. The van der Waals surface area contributed by atoms with Gasteiger partial charge in [0, 0.05) is 46.7 Å². The number of aryl methyl sites for hydroxylation is 1. The number of hydrogen-bond acceptors (Lipinski definition) is 4. The van der Waals surface area contributed by atoms with Gasteiger partial charge in [0.05, 0.1) is 6.10 Å². The van der Waals surface area contributed by atoms with E-state index < -0.39 is 0 Å². The Morgan fingerprint density at radius 3 is 2.90 bits per heavy atom. The van der Waals surface area contributed by atoms with Gasteiger partial charge in [0.1, 0.15) is 0 Å². The summed E-state index contributed by atoms with van der Waals surface area (Å²) in [4.78, 5) is 4.33. The first-order chi connectivity index (χ1) is 9.67. The Labute approximate surface area is 119 Å². The zero-order valence-corrected chi connectivity index (χ0v) is 12.0. The lowest BCUT2D eigenvalue weighted by Gasteiger charge is -2.36. The topological polar surface area (TPSA) is 60.2 Å². The summed E-state index contributed by atoms with van der Waals surface area (Å²) in [7, 11) is 0. The Hall–Kier alpha value is -1.81. The molecule has 1 heterocycles. The fourth-order valence-corrected chi connectivity index (χ4v) is 2.77. The molecule has 0 amide bonds. The van der Waals surface area contributed by atoms with Crippen LogP contribution in [0.4, 0.5) is 11.4 Å². The Morgan fingerprint density at radius 2 is 2.15 bits per heavy atom. The molecule has 0 unspecified atom stereocenters. The molecule has 106 valence electrons. The minimum atomic E-state index is 0.418. The van der Waals surface area contributed by atoms with Crippen LogP contribution in [0.3, 0.4) is 0 Å². The van der Waals surface area contributed by atoms with E-state index >= 15 is 0 Å². The number of ether oxygens (including phenoxy) is 1. The maximum Gasteiger partial charge on any atom is 0.0614 e. The second-order valence-corrected chi connectivity index (χ2v) is 5.46. The van der Waals surface area contributed by atoms with Gasteiger partial charge in [-0.3, -0.25) is 4.98 Å². The molecular formula is C16H21N3O. The number of nitrogens with one attached hydrogen (secondary N) is 1. The monoisotopic (exact) mass is 271 g/mol. The van der Waals surface area contributed by atoms with E-state index in [1.807, 2.05) is 26.1 Å². The molecule has 1 aromatic heterocycles. The van der Waals surface area contributed by atoms with Crippen LogP contribution in [0.2, 0.25) is 0 Å². The van der Waals surface area contributed by atoms with Crippen molar-refractivity contribution in [2.75, 3.05) is 17.7 Å². The summed E-state index contributed by atoms with van der Waals surface area (Å²) in [6, 6.07) is 6.59. The normalized spacial score (nSPS) is 21.7. The van der Waals surface area contributed by atoms with Gasteiger partial charge < -0.3 is 15.8 Å². The highest BCUT2D eigenvalue weighted by molar-refractivity contribution is 6.00. The number of rotatable bonds is 4. The molecule has 1 saturated carbocycles. The lowest BCUT2D eigenvalue weighted by molar-refractivity contribution is 0.00302. The van der Waals surface area contributed by atoms with Gasteiger partial charge in [-0.15, -0.1) is 0 Å². The second kappa shape index (κ2) is 5.29. The number of anilines is 2. The largest absolute Gasteiger partial charge is 0.398 e. The smallest absolute Gasteiger partial charge is 0.0614 e. The number of aromatic nitrogens is 1. The van der Waals surface area contributed by atoms with Crippen molar-refractivity contribution >= 4 is 22.1 Å². The van der Waals surface area contributed by atoms with Gasteiger partial charge in [0.15, 0.2) is 0 Å². The molecule has 1 fully saturated rings. The molecule has 2 aromatic rings. The van der Waals surface area contributed by atoms with Crippen LogP contribution < -0.4 is 11.1 Å². The second-order valence-electron chi connectivity index (χ2n) is 5.46. The highest BCUT2D eigenvalue weighted by Gasteiger charge is 2.29. The maximum atomic E-state index is 6.03. The van der Waals surface area contributed by atoms with Crippen molar-refractivity contribution in [3.63, 3.8) is 0 Å². The summed E-state index contributed by atoms with van der Waals surface area (Å²) in [6.45, 7) is 4.85. The number of benzene rings is 1. The molecule has 3 rings (SSSR count). The summed E-state index contributed by atoms with van der Waals surface area (Å²) >= 11 is 0. The van der Waals surface area contributed by atoms with E-state index in [4.69, 9.17) is 10.5 Å². The Balaban J connectivity index is 1.82. The van der Waals surface area contributed by atoms with Crippen molar-refractivity contribution in [2.24, 2.45) is 0 Å². The average Bonchev–Trinajstić information content (AvgIpc) is 2.39. The van der Waals surface area contributed by atoms with E-state index in [1.54, 1.807) is 0 Å². The summed E-state index contributed by atoms with van der Waals surface area (Å²) in [5, 5.41) is 5.77. The zero-order chi connectivity index (χ0) is 14.1. The summed E-state index contributed by atoms with van der Waals surface area (Å²) in [5.41, 5.74) is 8.95. The average molecular weight is 271 g/mol. The summed E-state index contributed by atoms with van der Waals surface area (Å²) in [6.07, 6.45) is 4.42. The molecule has 4 nitrogen and oxygen atoms in total. The van der Waals surface area contributed by atoms with Crippen molar-refractivity contribution in [1.82, 2.24) is 4.98 Å². The first-order valence-corrected chi connectivity index (χ1v) is 7.20. The highest BCUT2D eigenvalue weighted by atomic mass is 16.5. The molecule has 1 aliphatic carbocycles. The maximum absolute atomic E-state index is 6.03. The van der Waals surface area contributed by atoms with Gasteiger partial charge >= 0.3 is 0 Å². The molecule has 0 radical (unpaired) electrons. The van der Waals surface area contributed by atoms with Crippen molar-refractivity contribution in [3.8, 4) is 0 Å². The standard InChI is InChI=1S/C16H21N3O/c1-3-20-12-7-11(8-12)19-16-5-4-15(17)14-9-18-10(2)6-13(14)16/h4-6,9,11-12,19H,3,7-8,17H2,1-2H3. The molecule has 0 atom stereocenters. The van der Waals surface area contributed by atoms with E-state index in [0.29, 0.717) is 12.1 Å². The van der Waals surface area contributed by atoms with Crippen molar-refractivity contribution in [3.05, 3.63) is 30.1 Å². The fourth-order valence-electron chi connectivity index (χ4n) is 2.77. The first kappa shape index (κ1) is 13.2. The molecule has 4 heteroatoms. The van der Waals surface area contributed by atoms with Crippen LogP contribution in [0.25, 0.3) is 10.8 Å². The predicted molar refractivity (Wildman–Crippen MR) is 83.0 cm³/mol. The fraction of sp³-hybridized carbons (Fsp3) is 0.438. The van der Waals surface area contributed by atoms with Crippen molar-refractivity contribution in [1.29, 1.82) is 0 Å². The highest BCUT2D eigenvalue weighted by Crippen LogP contribution is 2.32. The predicted octanol–water partition coefficient (Wildman–Crippen LogP) is 3.10. The van der Waals surface area contributed by atoms with E-state index in [0.717, 1.165) is 47.3 Å². The molecule has 1 aliphatic rings. The Bertz CT molecular complexity index is 620. The lowest BCUT2D eigenvalue weighted by Crippen LogP contribution is -2.40. The van der Waals surface area contributed by atoms with Crippen molar-refractivity contribution in [2.45, 2.75) is 38.8 Å². The molecule has 0 bridgehead atoms. The Kier molecular flexibility index (Phi) is 3.49. The molecule has 20 heavy (non-hydrogen) atoms. The van der Waals surface area contributed by atoms with Crippen molar-refractivity contribution < 1.29 is 4.74 Å². The number of nitrogens with two attached hydrogens (primary N) is 1. The van der Waals surface area contributed by atoms with E-state index in [1.165, 1.54) is 0 Å². The van der Waals surface area contributed by atoms with Gasteiger partial charge in [-0.05, 0) is 44.9 Å². The molecule has 0 saturated heterocycles. The molecule has 0 aliphatic heterocycles. The van der Waals surface area contributed by atoms with Gasteiger partial charge in [0.2, 0.25) is 0 Å². The molecule has 0 spiro atoms. The lowest BCUT2D eigenvalue weighted by atomic mass is 9.88. The van der Waals surface area contributed by atoms with Gasteiger partial charge in [-0.2, -0.15) is 0 Å². The summed E-state index contributed by atoms with van der Waals surface area (Å²) < 4.78 is 5.60. The Morgan fingerprint density at radius 1 is 1.35 bits per heavy atom. The number of fused-ring (bicyclic) bond motifs is 1. The first-order valence-electron chi connectivity index (χ1n) is 7.20. The van der Waals surface area contributed by atoms with Crippen LogP contribution in [-0.2, 0) is 4.74 Å². The van der Waals surface area contributed by atoms with E-state index in [2.05, 4.69) is 22.4 Å². The third-order valence-corrected chi connectivity index (χ3v) is 3.93. The van der Waals surface area contributed by atoms with Gasteiger partial charge in [-0.1, -0.05) is 0 Å². The van der Waals surface area contributed by atoms with Crippen LogP contribution in [0.5, 0.6) is 0 Å². The molecule has 3 N–H and O–H groups in total. The molecular weight excluding hydrogens is 250 g/mol. The number of hydrogen-bond donors (Lipinski definition) is 2. The van der Waals surface area contributed by atoms with E-state index in [-0.39, 0.29) is 0 Å². The number of nitrogen functional groups attached to an aromatic ring is 1. The zero-order valence-electron chi connectivity index (χ0n) is 12.0. The van der Waals surface area contributed by atoms with E-state index in [9.17, 15) is 0 Å². The third-order valence-electron chi connectivity index (χ3n) is 3.93. The van der Waals surface area contributed by atoms with Crippen LogP contribution in [0.1, 0.15) is 25.5 Å². The third kappa shape index (κ3) is 2.43. The van der Waals surface area contributed by atoms with Crippen LogP contribution in [-0.4, -0.2) is 23.7 Å². The minimum Gasteiger partial charge on any atom is -0.398 e. The minimum absolute atomic E-state index is 0.418. The van der Waals surface area contributed by atoms with Crippen LogP contribution in [0.15, 0.2) is 24.4 Å². The van der Waals surface area contributed by atoms with Gasteiger partial charge in [-0.25, -0.2) is 0 Å². The number of pyridine rings is 1. The summed E-state index contributed by atoms with van der Waals surface area (Å²) in [5.74, 6) is 0. The van der Waals surface area contributed by atoms with Gasteiger partial charge in [0.25, 0.3) is 0 Å².